The maximum atomic E-state index is 10.7. The molecular formula is C6H10O4. The third-order valence-corrected chi connectivity index (χ3v) is 0.550. The largest absolute Gasteiger partial charge is 0.462 e. The average molecular weight is 152 g/mol. The van der Waals surface area contributed by atoms with Crippen LogP contribution in [0.4, 0.5) is 0 Å². The second-order valence-electron chi connectivity index (χ2n) is 1.27. The molecule has 0 bridgehead atoms. The molecule has 0 aromatic rings. The molecule has 0 heterocycles. The molecule has 0 saturated heterocycles. The Morgan fingerprint density at radius 2 is 1.60 bits per heavy atom. The molecule has 0 aromatic heterocycles. The van der Waals surface area contributed by atoms with Crippen molar-refractivity contribution in [1.29, 1.82) is 0 Å². The molecule has 0 saturated carbocycles. The van der Waals surface area contributed by atoms with Crippen LogP contribution < -0.4 is 0 Å². The summed E-state index contributed by atoms with van der Waals surface area (Å²) in [5.41, 5.74) is 0. The van der Waals surface area contributed by atoms with Gasteiger partial charge in [0.25, 0.3) is 0 Å². The van der Waals surface area contributed by atoms with E-state index in [0.29, 0.717) is 0 Å². The summed E-state index contributed by atoms with van der Waals surface area (Å²) in [5, 5.41) is 0. The third kappa shape index (κ3) is 6.94. The first-order valence-electron chi connectivity index (χ1n) is 5.39. The van der Waals surface area contributed by atoms with Crippen molar-refractivity contribution in [3.05, 3.63) is 0 Å². The summed E-state index contributed by atoms with van der Waals surface area (Å²) in [4.78, 5) is 21.3. The fourth-order valence-corrected chi connectivity index (χ4v) is 0.269. The monoisotopic (exact) mass is 152 g/mol. The Bertz CT molecular complexity index is 239. The summed E-state index contributed by atoms with van der Waals surface area (Å²) >= 11 is 0. The second-order valence-corrected chi connectivity index (χ2v) is 1.27. The van der Waals surface area contributed by atoms with Crippen LogP contribution in [0.1, 0.15) is 21.9 Å². The first-order chi connectivity index (χ1) is 7.05. The van der Waals surface area contributed by atoms with E-state index in [2.05, 4.69) is 9.47 Å². The molecule has 0 unspecified atom stereocenters. The number of hydrogen-bond acceptors (Lipinski definition) is 4. The highest BCUT2D eigenvalue weighted by Crippen LogP contribution is 1.79. The van der Waals surface area contributed by atoms with E-state index in [0.717, 1.165) is 0 Å². The zero-order valence-electron chi connectivity index (χ0n) is 11.0. The van der Waals surface area contributed by atoms with E-state index in [1.807, 2.05) is 0 Å². The van der Waals surface area contributed by atoms with Crippen LogP contribution >= 0.6 is 0 Å². The van der Waals surface area contributed by atoms with E-state index in [1.165, 1.54) is 0 Å². The van der Waals surface area contributed by atoms with Gasteiger partial charge in [-0.2, -0.15) is 0 Å². The Balaban J connectivity index is 3.79. The molecule has 0 N–H and O–H groups in total. The van der Waals surface area contributed by atoms with Crippen molar-refractivity contribution in [3.63, 3.8) is 0 Å². The summed E-state index contributed by atoms with van der Waals surface area (Å²) in [6, 6.07) is 0. The van der Waals surface area contributed by atoms with Gasteiger partial charge in [0.2, 0.25) is 0 Å². The van der Waals surface area contributed by atoms with Crippen LogP contribution in [-0.2, 0) is 19.1 Å². The summed E-state index contributed by atoms with van der Waals surface area (Å²) in [6.07, 6.45) is 0. The van der Waals surface area contributed by atoms with Gasteiger partial charge >= 0.3 is 11.9 Å². The van der Waals surface area contributed by atoms with Crippen molar-refractivity contribution in [2.24, 2.45) is 0 Å². The summed E-state index contributed by atoms with van der Waals surface area (Å²) in [7, 11) is 0. The van der Waals surface area contributed by atoms with Crippen LogP contribution in [0, 0.1) is 0 Å². The molecule has 0 spiro atoms. The van der Waals surface area contributed by atoms with Crippen LogP contribution in [0.15, 0.2) is 0 Å². The molecule has 0 aliphatic heterocycles. The number of carbonyl (C=O) groups excluding carboxylic acids is 2. The lowest BCUT2D eigenvalue weighted by molar-refractivity contribution is -0.149. The number of carbonyl (C=O) groups is 2. The molecule has 4 nitrogen and oxygen atoms in total. The lowest BCUT2D eigenvalue weighted by atomic mass is 10.7. The summed E-state index contributed by atoms with van der Waals surface area (Å²) in [5.74, 6) is -2.87. The number of rotatable bonds is 3. The minimum absolute atomic E-state index is 0.501. The fourth-order valence-electron chi connectivity index (χ4n) is 0.269. The SMILES string of the molecule is [2H]C([2H])([2H])C(=O)OCCOC(=O)C([2H])([2H])[2H]. The predicted octanol–water partition coefficient (Wildman–Crippen LogP) is 0.113. The van der Waals surface area contributed by atoms with Gasteiger partial charge in [-0.3, -0.25) is 9.59 Å². The third-order valence-electron chi connectivity index (χ3n) is 0.550. The van der Waals surface area contributed by atoms with Crippen molar-refractivity contribution in [2.75, 3.05) is 13.2 Å². The average Bonchev–Trinajstić information content (AvgIpc) is 2.08. The van der Waals surface area contributed by atoms with Crippen molar-refractivity contribution in [1.82, 2.24) is 0 Å². The van der Waals surface area contributed by atoms with E-state index in [4.69, 9.17) is 8.22 Å². The van der Waals surface area contributed by atoms with Gasteiger partial charge in [0.1, 0.15) is 13.2 Å². The van der Waals surface area contributed by atoms with E-state index in [1.54, 1.807) is 0 Å². The lowest BCUT2D eigenvalue weighted by Gasteiger charge is -2.00. The molecule has 10 heavy (non-hydrogen) atoms. The maximum Gasteiger partial charge on any atom is 0.302 e. The van der Waals surface area contributed by atoms with E-state index >= 15 is 0 Å². The topological polar surface area (TPSA) is 52.6 Å². The van der Waals surface area contributed by atoms with E-state index < -0.39 is 38.9 Å². The van der Waals surface area contributed by atoms with Crippen molar-refractivity contribution in [2.45, 2.75) is 13.7 Å². The number of esters is 2. The highest BCUT2D eigenvalue weighted by atomic mass is 16.6. The molecule has 4 heteroatoms. The fraction of sp³-hybridized carbons (Fsp3) is 0.667. The number of hydrogen-bond donors (Lipinski definition) is 0. The molecule has 0 aliphatic carbocycles. The van der Waals surface area contributed by atoms with Crippen LogP contribution in [0.3, 0.4) is 0 Å². The Morgan fingerprint density at radius 3 is 1.90 bits per heavy atom. The molecule has 0 atom stereocenters. The Kier molecular flexibility index (Phi) is 1.39. The molecule has 0 fully saturated rings. The van der Waals surface area contributed by atoms with Crippen LogP contribution in [0.25, 0.3) is 0 Å². The maximum absolute atomic E-state index is 10.7. The summed E-state index contributed by atoms with van der Waals surface area (Å²) < 4.78 is 48.1. The van der Waals surface area contributed by atoms with Gasteiger partial charge in [0.15, 0.2) is 0 Å². The van der Waals surface area contributed by atoms with Gasteiger partial charge in [-0.25, -0.2) is 0 Å². The van der Waals surface area contributed by atoms with Gasteiger partial charge in [-0.05, 0) is 0 Å². The van der Waals surface area contributed by atoms with Crippen molar-refractivity contribution in [3.8, 4) is 0 Å². The van der Waals surface area contributed by atoms with Crippen molar-refractivity contribution < 1.29 is 27.3 Å². The predicted molar refractivity (Wildman–Crippen MR) is 33.3 cm³/mol. The second kappa shape index (κ2) is 4.78. The Hall–Kier alpha value is -1.06. The van der Waals surface area contributed by atoms with Crippen LogP contribution in [-0.4, -0.2) is 25.2 Å². The lowest BCUT2D eigenvalue weighted by Crippen LogP contribution is -2.09. The standard InChI is InChI=1S/C6H10O4/c1-5(7)9-3-4-10-6(2)8/h3-4H2,1-2H3/i1D3,2D3. The highest BCUT2D eigenvalue weighted by Gasteiger charge is 1.94. The normalized spacial score (nSPS) is 20.0. The molecule has 0 rings (SSSR count). The van der Waals surface area contributed by atoms with E-state index in [-0.39, 0.29) is 0 Å². The highest BCUT2D eigenvalue weighted by molar-refractivity contribution is 5.66. The minimum Gasteiger partial charge on any atom is -0.462 e. The van der Waals surface area contributed by atoms with Crippen LogP contribution in [0.2, 0.25) is 0 Å². The zero-order valence-corrected chi connectivity index (χ0v) is 5.05. The van der Waals surface area contributed by atoms with Gasteiger partial charge < -0.3 is 9.47 Å². The van der Waals surface area contributed by atoms with Crippen molar-refractivity contribution >= 4 is 11.9 Å². The first kappa shape index (κ1) is 2.90. The molecule has 0 radical (unpaired) electrons. The van der Waals surface area contributed by atoms with Gasteiger partial charge in [0, 0.05) is 21.9 Å². The Labute approximate surface area is 67.5 Å². The molecular weight excluding hydrogens is 136 g/mol. The van der Waals surface area contributed by atoms with Crippen LogP contribution in [0.5, 0.6) is 0 Å². The molecule has 0 aliphatic rings. The Morgan fingerprint density at radius 1 is 1.20 bits per heavy atom. The molecule has 58 valence electrons. The zero-order chi connectivity index (χ0) is 13.0. The quantitative estimate of drug-likeness (QED) is 0.425. The first-order valence-corrected chi connectivity index (χ1v) is 2.39. The van der Waals surface area contributed by atoms with Gasteiger partial charge in [-0.15, -0.1) is 0 Å². The summed E-state index contributed by atoms with van der Waals surface area (Å²) in [6.45, 7) is -6.76. The van der Waals surface area contributed by atoms with E-state index in [9.17, 15) is 9.59 Å². The minimum atomic E-state index is -2.88. The molecule has 0 aromatic carbocycles. The molecule has 0 amide bonds. The van der Waals surface area contributed by atoms with Gasteiger partial charge in [0.05, 0.1) is 0 Å². The number of ether oxygens (including phenoxy) is 2. The van der Waals surface area contributed by atoms with Gasteiger partial charge in [-0.1, -0.05) is 0 Å². The smallest absolute Gasteiger partial charge is 0.302 e.